The highest BCUT2D eigenvalue weighted by molar-refractivity contribution is 4.87. The Bertz CT molecular complexity index is 282. The minimum atomic E-state index is -4.09. The van der Waals surface area contributed by atoms with Gasteiger partial charge in [0, 0.05) is 12.6 Å². The van der Waals surface area contributed by atoms with E-state index in [1.807, 2.05) is 0 Å². The molecule has 0 bridgehead atoms. The van der Waals surface area contributed by atoms with Crippen LogP contribution < -0.4 is 5.32 Å². The molecule has 0 heterocycles. The molecule has 0 aromatic rings. The van der Waals surface area contributed by atoms with Crippen LogP contribution in [0.15, 0.2) is 0 Å². The van der Waals surface area contributed by atoms with Crippen LogP contribution in [0.25, 0.3) is 0 Å². The predicted molar refractivity (Wildman–Crippen MR) is 67.8 cm³/mol. The topological polar surface area (TPSA) is 32.3 Å². The van der Waals surface area contributed by atoms with Crippen LogP contribution in [0, 0.1) is 11.8 Å². The van der Waals surface area contributed by atoms with Crippen LogP contribution in [-0.4, -0.2) is 30.0 Å². The van der Waals surface area contributed by atoms with Crippen molar-refractivity contribution in [3.63, 3.8) is 0 Å². The third kappa shape index (κ3) is 4.09. The van der Waals surface area contributed by atoms with Crippen molar-refractivity contribution >= 4 is 0 Å². The number of nitrogens with one attached hydrogen (secondary N) is 1. The van der Waals surface area contributed by atoms with E-state index in [0.717, 1.165) is 32.1 Å². The fourth-order valence-electron chi connectivity index (χ4n) is 3.50. The Morgan fingerprint density at radius 1 is 0.947 bits per heavy atom. The summed E-state index contributed by atoms with van der Waals surface area (Å²) in [6.45, 7) is 0.526. The number of halogens is 3. The van der Waals surface area contributed by atoms with Crippen LogP contribution in [0.3, 0.4) is 0 Å². The summed E-state index contributed by atoms with van der Waals surface area (Å²) in [4.78, 5) is 0. The van der Waals surface area contributed by atoms with Crippen molar-refractivity contribution in [2.24, 2.45) is 11.8 Å². The lowest BCUT2D eigenvalue weighted by atomic mass is 9.82. The second-order valence-corrected chi connectivity index (χ2v) is 6.06. The number of rotatable bonds is 3. The fraction of sp³-hybridized carbons (Fsp3) is 1.00. The summed E-state index contributed by atoms with van der Waals surface area (Å²) in [5.41, 5.74) is 0. The zero-order valence-electron chi connectivity index (χ0n) is 11.3. The van der Waals surface area contributed by atoms with Crippen molar-refractivity contribution in [1.82, 2.24) is 5.32 Å². The molecule has 2 saturated carbocycles. The molecule has 0 aromatic heterocycles. The summed E-state index contributed by atoms with van der Waals surface area (Å²) in [5.74, 6) is -1.08. The van der Waals surface area contributed by atoms with E-state index in [0.29, 0.717) is 19.4 Å². The quantitative estimate of drug-likeness (QED) is 0.831. The number of aliphatic hydroxyl groups excluding tert-OH is 1. The minimum Gasteiger partial charge on any atom is -0.393 e. The molecular formula is C14H24F3NO. The Kier molecular flexibility index (Phi) is 5.12. The monoisotopic (exact) mass is 279 g/mol. The lowest BCUT2D eigenvalue weighted by Gasteiger charge is -2.36. The Morgan fingerprint density at radius 2 is 1.58 bits per heavy atom. The maximum Gasteiger partial charge on any atom is 0.393 e. The van der Waals surface area contributed by atoms with E-state index < -0.39 is 18.1 Å². The van der Waals surface area contributed by atoms with E-state index in [1.54, 1.807) is 0 Å². The first-order chi connectivity index (χ1) is 8.98. The highest BCUT2D eigenvalue weighted by Crippen LogP contribution is 2.38. The van der Waals surface area contributed by atoms with Crippen LogP contribution in [0.4, 0.5) is 13.2 Å². The average Bonchev–Trinajstić information content (AvgIpc) is 2.37. The van der Waals surface area contributed by atoms with E-state index >= 15 is 0 Å². The molecule has 4 unspecified atom stereocenters. The van der Waals surface area contributed by atoms with Crippen molar-refractivity contribution in [2.75, 3.05) is 6.54 Å². The number of alkyl halides is 3. The van der Waals surface area contributed by atoms with Crippen molar-refractivity contribution in [3.05, 3.63) is 0 Å². The van der Waals surface area contributed by atoms with Gasteiger partial charge in [0.05, 0.1) is 12.0 Å². The number of aliphatic hydroxyl groups is 1. The normalized spacial score (nSPS) is 37.3. The summed E-state index contributed by atoms with van der Waals surface area (Å²) >= 11 is 0. The highest BCUT2D eigenvalue weighted by atomic mass is 19.4. The van der Waals surface area contributed by atoms with Crippen LogP contribution in [0.1, 0.15) is 51.4 Å². The summed E-state index contributed by atoms with van der Waals surface area (Å²) < 4.78 is 38.8. The first-order valence-electron chi connectivity index (χ1n) is 7.46. The van der Waals surface area contributed by atoms with Crippen LogP contribution in [-0.2, 0) is 0 Å². The van der Waals surface area contributed by atoms with Crippen molar-refractivity contribution < 1.29 is 18.3 Å². The van der Waals surface area contributed by atoms with Crippen LogP contribution >= 0.6 is 0 Å². The summed E-state index contributed by atoms with van der Waals surface area (Å²) in [6.07, 6.45) is 1.80. The molecule has 0 amide bonds. The Labute approximate surface area is 112 Å². The van der Waals surface area contributed by atoms with Crippen LogP contribution in [0.2, 0.25) is 0 Å². The molecule has 2 fully saturated rings. The smallest absolute Gasteiger partial charge is 0.393 e. The van der Waals surface area contributed by atoms with E-state index in [2.05, 4.69) is 5.32 Å². The highest BCUT2D eigenvalue weighted by Gasteiger charge is 2.45. The molecule has 0 aliphatic heterocycles. The molecule has 0 aromatic carbocycles. The van der Waals surface area contributed by atoms with E-state index in [9.17, 15) is 18.3 Å². The lowest BCUT2D eigenvalue weighted by molar-refractivity contribution is -0.189. The van der Waals surface area contributed by atoms with E-state index in [4.69, 9.17) is 0 Å². The van der Waals surface area contributed by atoms with Gasteiger partial charge in [0.15, 0.2) is 0 Å². The van der Waals surface area contributed by atoms with Crippen LogP contribution in [0.5, 0.6) is 0 Å². The maximum atomic E-state index is 12.9. The van der Waals surface area contributed by atoms with Gasteiger partial charge in [0.25, 0.3) is 0 Å². The Morgan fingerprint density at radius 3 is 2.26 bits per heavy atom. The van der Waals surface area contributed by atoms with Crippen molar-refractivity contribution in [2.45, 2.75) is 69.7 Å². The van der Waals surface area contributed by atoms with Gasteiger partial charge in [-0.1, -0.05) is 25.7 Å². The average molecular weight is 279 g/mol. The van der Waals surface area contributed by atoms with Crippen molar-refractivity contribution in [1.29, 1.82) is 0 Å². The third-order valence-corrected chi connectivity index (χ3v) is 4.70. The zero-order valence-corrected chi connectivity index (χ0v) is 11.3. The molecule has 4 atom stereocenters. The van der Waals surface area contributed by atoms with Gasteiger partial charge in [0.1, 0.15) is 0 Å². The molecule has 19 heavy (non-hydrogen) atoms. The van der Waals surface area contributed by atoms with Gasteiger partial charge in [0.2, 0.25) is 0 Å². The van der Waals surface area contributed by atoms with Gasteiger partial charge in [-0.05, 0) is 31.6 Å². The standard InChI is InChI=1S/C14H24F3NO/c15-14(16,17)11-6-2-3-7-12(11)18-9-10-5-1-4-8-13(10)19/h10-13,18-19H,1-9H2. The number of hydrogen-bond donors (Lipinski definition) is 2. The molecule has 2 rings (SSSR count). The number of hydrogen-bond acceptors (Lipinski definition) is 2. The predicted octanol–water partition coefficient (Wildman–Crippen LogP) is 3.25. The first-order valence-corrected chi connectivity index (χ1v) is 7.46. The molecule has 112 valence electrons. The Balaban J connectivity index is 1.85. The second kappa shape index (κ2) is 6.44. The van der Waals surface area contributed by atoms with E-state index in [-0.39, 0.29) is 18.4 Å². The molecule has 0 saturated heterocycles. The third-order valence-electron chi connectivity index (χ3n) is 4.70. The zero-order chi connectivity index (χ0) is 13.9. The largest absolute Gasteiger partial charge is 0.393 e. The molecule has 0 radical (unpaired) electrons. The van der Waals surface area contributed by atoms with Gasteiger partial charge < -0.3 is 10.4 Å². The molecule has 5 heteroatoms. The van der Waals surface area contributed by atoms with E-state index in [1.165, 1.54) is 0 Å². The molecule has 2 aliphatic carbocycles. The maximum absolute atomic E-state index is 12.9. The SMILES string of the molecule is OC1CCCCC1CNC1CCCCC1C(F)(F)F. The molecular weight excluding hydrogens is 255 g/mol. The van der Waals surface area contributed by atoms with Gasteiger partial charge in [-0.3, -0.25) is 0 Å². The first kappa shape index (κ1) is 15.1. The Hall–Kier alpha value is -0.290. The van der Waals surface area contributed by atoms with Crippen molar-refractivity contribution in [3.8, 4) is 0 Å². The van der Waals surface area contributed by atoms with Gasteiger partial charge in [-0.2, -0.15) is 13.2 Å². The molecule has 2 nitrogen and oxygen atoms in total. The molecule has 2 N–H and O–H groups in total. The summed E-state index contributed by atoms with van der Waals surface area (Å²) in [5, 5.41) is 13.0. The van der Waals surface area contributed by atoms with Gasteiger partial charge in [-0.25, -0.2) is 0 Å². The molecule has 2 aliphatic rings. The van der Waals surface area contributed by atoms with Gasteiger partial charge in [-0.15, -0.1) is 0 Å². The fourth-order valence-corrected chi connectivity index (χ4v) is 3.50. The van der Waals surface area contributed by atoms with Gasteiger partial charge >= 0.3 is 6.18 Å². The molecule has 0 spiro atoms. The summed E-state index contributed by atoms with van der Waals surface area (Å²) in [6, 6.07) is -0.456. The summed E-state index contributed by atoms with van der Waals surface area (Å²) in [7, 11) is 0. The lowest BCUT2D eigenvalue weighted by Crippen LogP contribution is -2.48. The second-order valence-electron chi connectivity index (χ2n) is 6.06. The minimum absolute atomic E-state index is 0.129.